The van der Waals surface area contributed by atoms with E-state index in [4.69, 9.17) is 37.0 Å². The number of hydrogen-bond acceptors (Lipinski definition) is 15. The van der Waals surface area contributed by atoms with Gasteiger partial charge in [0.05, 0.1) is 26.4 Å². The van der Waals surface area contributed by atoms with E-state index in [-0.39, 0.29) is 25.7 Å². The van der Waals surface area contributed by atoms with Crippen LogP contribution >= 0.6 is 15.6 Å². The average Bonchev–Trinajstić information content (AvgIpc) is 0.910. The summed E-state index contributed by atoms with van der Waals surface area (Å²) in [5.41, 5.74) is 0. The molecule has 19 heteroatoms. The van der Waals surface area contributed by atoms with Crippen LogP contribution in [0.1, 0.15) is 446 Å². The van der Waals surface area contributed by atoms with Gasteiger partial charge in [0, 0.05) is 25.7 Å². The summed E-state index contributed by atoms with van der Waals surface area (Å²) in [6, 6.07) is 0. The number of esters is 4. The lowest BCUT2D eigenvalue weighted by Gasteiger charge is -2.21. The normalized spacial score (nSPS) is 13.8. The molecule has 0 aromatic carbocycles. The van der Waals surface area contributed by atoms with Gasteiger partial charge in [-0.05, 0) is 31.6 Å². The van der Waals surface area contributed by atoms with Gasteiger partial charge in [-0.25, -0.2) is 9.13 Å². The van der Waals surface area contributed by atoms with Crippen LogP contribution in [0.15, 0.2) is 0 Å². The van der Waals surface area contributed by atoms with E-state index in [2.05, 4.69) is 34.6 Å². The number of unbranched alkanes of at least 4 members (excludes halogenated alkanes) is 55. The predicted molar refractivity (Wildman–Crippen MR) is 418 cm³/mol. The zero-order chi connectivity index (χ0) is 74.8. The fourth-order valence-corrected chi connectivity index (χ4v) is 14.5. The highest BCUT2D eigenvalue weighted by atomic mass is 31.2. The van der Waals surface area contributed by atoms with Crippen molar-refractivity contribution < 1.29 is 80.2 Å². The molecule has 0 amide bonds. The third-order valence-corrected chi connectivity index (χ3v) is 21.4. The summed E-state index contributed by atoms with van der Waals surface area (Å²) in [5.74, 6) is -1.43. The third-order valence-electron chi connectivity index (χ3n) is 19.5. The molecule has 0 fully saturated rings. The lowest BCUT2D eigenvalue weighted by atomic mass is 10.0. The van der Waals surface area contributed by atoms with E-state index in [0.29, 0.717) is 31.6 Å². The maximum Gasteiger partial charge on any atom is 0.472 e. The summed E-state index contributed by atoms with van der Waals surface area (Å²) in [4.78, 5) is 73.0. The highest BCUT2D eigenvalue weighted by molar-refractivity contribution is 7.47. The molecule has 0 aliphatic rings. The second-order valence-electron chi connectivity index (χ2n) is 30.3. The Bertz CT molecular complexity index is 1940. The highest BCUT2D eigenvalue weighted by Gasteiger charge is 2.30. The van der Waals surface area contributed by atoms with E-state index >= 15 is 0 Å². The molecule has 0 saturated heterocycles. The molecule has 0 radical (unpaired) electrons. The number of hydrogen-bond donors (Lipinski definition) is 3. The number of phosphoric acid groups is 2. The molecule has 0 bridgehead atoms. The Balaban J connectivity index is 5.18. The van der Waals surface area contributed by atoms with Crippen molar-refractivity contribution in [3.63, 3.8) is 0 Å². The first-order valence-corrected chi connectivity index (χ1v) is 46.1. The van der Waals surface area contributed by atoms with Crippen molar-refractivity contribution in [2.45, 2.75) is 464 Å². The molecule has 0 rings (SSSR count). The van der Waals surface area contributed by atoms with E-state index in [1.165, 1.54) is 263 Å². The van der Waals surface area contributed by atoms with Crippen molar-refractivity contribution in [1.82, 2.24) is 0 Å². The van der Waals surface area contributed by atoms with Crippen LogP contribution in [0.4, 0.5) is 0 Å². The minimum Gasteiger partial charge on any atom is -0.462 e. The van der Waals surface area contributed by atoms with E-state index in [1.807, 2.05) is 0 Å². The molecule has 0 aliphatic carbocycles. The Morgan fingerprint density at radius 1 is 0.265 bits per heavy atom. The highest BCUT2D eigenvalue weighted by Crippen LogP contribution is 2.45. The van der Waals surface area contributed by atoms with Crippen molar-refractivity contribution in [1.29, 1.82) is 0 Å². The first-order valence-electron chi connectivity index (χ1n) is 43.1. The lowest BCUT2D eigenvalue weighted by molar-refractivity contribution is -0.161. The van der Waals surface area contributed by atoms with Crippen LogP contribution < -0.4 is 0 Å². The lowest BCUT2D eigenvalue weighted by Crippen LogP contribution is -2.30. The molecule has 0 saturated carbocycles. The molecular formula is C83H162O17P2. The van der Waals surface area contributed by atoms with E-state index < -0.39 is 97.5 Å². The standard InChI is InChI=1S/C83H162O17P2/c1-6-9-12-15-18-21-24-27-29-31-33-34-35-37-39-41-43-46-49-52-59-64-69-83(88)99-78(72-93-80(85)66-61-56-50-47-45-42-40-38-36-32-30-28-25-22-19-16-13-10-7-2)74-97-101(89,90)95-70-77(84)71-96-102(91,92)98-75-79(73-94-81(86)67-62-57-54-53-55-60-65-76(4)5)100-82(87)68-63-58-51-48-44-26-23-20-17-14-11-8-3/h76-79,84H,6-75H2,1-5H3,(H,89,90)(H,91,92)/t77-,78-,79-/m1/s1. The molecule has 0 aliphatic heterocycles. The maximum atomic E-state index is 13.1. The van der Waals surface area contributed by atoms with E-state index in [1.54, 1.807) is 0 Å². The second kappa shape index (κ2) is 75.9. The van der Waals surface area contributed by atoms with Crippen molar-refractivity contribution >= 4 is 39.5 Å². The van der Waals surface area contributed by atoms with Crippen LogP contribution in [0.5, 0.6) is 0 Å². The first kappa shape index (κ1) is 100. The summed E-state index contributed by atoms with van der Waals surface area (Å²) in [7, 11) is -9.92. The number of aliphatic hydroxyl groups excluding tert-OH is 1. The number of rotatable bonds is 83. The van der Waals surface area contributed by atoms with Gasteiger partial charge in [-0.1, -0.05) is 394 Å². The summed E-state index contributed by atoms with van der Waals surface area (Å²) in [6.07, 6.45) is 68.4. The molecular weight excluding hydrogens is 1330 g/mol. The smallest absolute Gasteiger partial charge is 0.462 e. The van der Waals surface area contributed by atoms with Crippen LogP contribution in [0.3, 0.4) is 0 Å². The SMILES string of the molecule is CCCCCCCCCCCCCCCCCCCCCCCCC(=O)O[C@H](COC(=O)CCCCCCCCCCCCCCCCCCCCC)COP(=O)(O)OC[C@@H](O)COP(=O)(O)OC[C@@H](COC(=O)CCCCCCCCC(C)C)OC(=O)CCCCCCCCCCCCCC. The van der Waals surface area contributed by atoms with Gasteiger partial charge in [-0.3, -0.25) is 37.3 Å². The second-order valence-corrected chi connectivity index (χ2v) is 33.3. The molecule has 102 heavy (non-hydrogen) atoms. The summed E-state index contributed by atoms with van der Waals surface area (Å²) >= 11 is 0. The maximum absolute atomic E-state index is 13.1. The zero-order valence-electron chi connectivity index (χ0n) is 66.8. The van der Waals surface area contributed by atoms with Crippen molar-refractivity contribution in [2.24, 2.45) is 5.92 Å². The molecule has 606 valence electrons. The van der Waals surface area contributed by atoms with Gasteiger partial charge in [0.1, 0.15) is 19.3 Å². The Morgan fingerprint density at radius 3 is 0.667 bits per heavy atom. The molecule has 17 nitrogen and oxygen atoms in total. The van der Waals surface area contributed by atoms with Crippen LogP contribution in [-0.2, 0) is 65.4 Å². The van der Waals surface area contributed by atoms with Crippen LogP contribution in [-0.4, -0.2) is 96.7 Å². The monoisotopic (exact) mass is 1490 g/mol. The van der Waals surface area contributed by atoms with Gasteiger partial charge in [0.2, 0.25) is 0 Å². The van der Waals surface area contributed by atoms with Crippen LogP contribution in [0.2, 0.25) is 0 Å². The van der Waals surface area contributed by atoms with Gasteiger partial charge in [-0.2, -0.15) is 0 Å². The summed E-state index contributed by atoms with van der Waals surface area (Å²) in [6.45, 7) is 7.25. The van der Waals surface area contributed by atoms with Crippen molar-refractivity contribution in [2.75, 3.05) is 39.6 Å². The number of carbonyl (C=O) groups is 4. The fraction of sp³-hybridized carbons (Fsp3) is 0.952. The van der Waals surface area contributed by atoms with E-state index in [9.17, 15) is 43.2 Å². The summed E-state index contributed by atoms with van der Waals surface area (Å²) in [5, 5.41) is 10.6. The van der Waals surface area contributed by atoms with Gasteiger partial charge in [-0.15, -0.1) is 0 Å². The van der Waals surface area contributed by atoms with Gasteiger partial charge in [0.25, 0.3) is 0 Å². The Hall–Kier alpha value is -1.94. The largest absolute Gasteiger partial charge is 0.472 e. The fourth-order valence-electron chi connectivity index (χ4n) is 12.9. The van der Waals surface area contributed by atoms with Crippen molar-refractivity contribution in [3.8, 4) is 0 Å². The number of carbonyl (C=O) groups excluding carboxylic acids is 4. The molecule has 2 unspecified atom stereocenters. The van der Waals surface area contributed by atoms with Gasteiger partial charge < -0.3 is 33.8 Å². The molecule has 0 aromatic rings. The third kappa shape index (κ3) is 76.3. The first-order chi connectivity index (χ1) is 49.5. The molecule has 3 N–H and O–H groups in total. The number of ether oxygens (including phenoxy) is 4. The predicted octanol–water partition coefficient (Wildman–Crippen LogP) is 25.2. The van der Waals surface area contributed by atoms with Crippen LogP contribution in [0.25, 0.3) is 0 Å². The Morgan fingerprint density at radius 2 is 0.451 bits per heavy atom. The average molecular weight is 1490 g/mol. The molecule has 0 spiro atoms. The van der Waals surface area contributed by atoms with Gasteiger partial charge >= 0.3 is 39.5 Å². The van der Waals surface area contributed by atoms with Gasteiger partial charge in [0.15, 0.2) is 12.2 Å². The number of aliphatic hydroxyl groups is 1. The minimum atomic E-state index is -4.96. The van der Waals surface area contributed by atoms with Crippen molar-refractivity contribution in [3.05, 3.63) is 0 Å². The molecule has 0 heterocycles. The molecule has 0 aromatic heterocycles. The zero-order valence-corrected chi connectivity index (χ0v) is 68.5. The Labute approximate surface area is 626 Å². The quantitative estimate of drug-likeness (QED) is 0.0222. The number of phosphoric ester groups is 2. The minimum absolute atomic E-state index is 0.107. The topological polar surface area (TPSA) is 237 Å². The summed E-state index contributed by atoms with van der Waals surface area (Å²) < 4.78 is 68.7. The Kier molecular flexibility index (Phi) is 74.4. The van der Waals surface area contributed by atoms with Crippen LogP contribution in [0, 0.1) is 5.92 Å². The van der Waals surface area contributed by atoms with E-state index in [0.717, 1.165) is 96.3 Å². The molecule has 5 atom stereocenters.